The van der Waals surface area contributed by atoms with Crippen molar-refractivity contribution < 1.29 is 4.74 Å². The van der Waals surface area contributed by atoms with E-state index >= 15 is 0 Å². The van der Waals surface area contributed by atoms with Gasteiger partial charge in [-0.05, 0) is 111 Å². The van der Waals surface area contributed by atoms with Gasteiger partial charge >= 0.3 is 0 Å². The van der Waals surface area contributed by atoms with Crippen LogP contribution in [0.2, 0.25) is 0 Å². The van der Waals surface area contributed by atoms with E-state index in [1.807, 2.05) is 60.7 Å². The first kappa shape index (κ1) is 35.6. The molecular formula is C56H38N2O. The van der Waals surface area contributed by atoms with E-state index in [1.165, 1.54) is 22.3 Å². The Labute approximate surface area is 345 Å². The van der Waals surface area contributed by atoms with Crippen molar-refractivity contribution in [3.8, 4) is 50.9 Å². The van der Waals surface area contributed by atoms with Crippen LogP contribution in [0.4, 0.5) is 0 Å². The number of aliphatic imine (C=N–C) groups is 1. The van der Waals surface area contributed by atoms with Crippen molar-refractivity contribution in [1.82, 2.24) is 0 Å². The number of para-hydroxylation sites is 2. The highest BCUT2D eigenvalue weighted by molar-refractivity contribution is 6.14. The molecule has 0 saturated heterocycles. The third-order valence-electron chi connectivity index (χ3n) is 11.7. The molecule has 3 heteroatoms. The maximum atomic E-state index is 9.49. The minimum atomic E-state index is -0.581. The van der Waals surface area contributed by atoms with Crippen molar-refractivity contribution in [3.05, 3.63) is 251 Å². The van der Waals surface area contributed by atoms with Gasteiger partial charge in [0.1, 0.15) is 11.5 Å². The molecule has 3 nitrogen and oxygen atoms in total. The second-order valence-corrected chi connectivity index (χ2v) is 15.1. The number of fused-ring (bicyclic) bond motifs is 9. The highest BCUT2D eigenvalue weighted by Gasteiger charge is 2.51. The van der Waals surface area contributed by atoms with Crippen molar-refractivity contribution >= 4 is 17.0 Å². The van der Waals surface area contributed by atoms with Gasteiger partial charge in [0.25, 0.3) is 0 Å². The zero-order chi connectivity index (χ0) is 39.9. The molecule has 1 spiro atoms. The number of hydrogen-bond donors (Lipinski definition) is 0. The molecule has 1 aliphatic heterocycles. The SMILES string of the molecule is C=C(N=C(/C=C(\C)c1ccccc1)c1ccccc1)c1cccc(-c2ccc3c(c2)-c2cc(-c4ccc(C#N)cc4)ccc2C32c3ccccc3Oc3ccccc32)c1. The molecular weight excluding hydrogens is 717 g/mol. The van der Waals surface area contributed by atoms with E-state index in [1.54, 1.807) is 0 Å². The summed E-state index contributed by atoms with van der Waals surface area (Å²) >= 11 is 0. The second kappa shape index (κ2) is 14.6. The molecule has 0 atom stereocenters. The molecule has 0 fully saturated rings. The number of allylic oxidation sites excluding steroid dienone is 2. The lowest BCUT2D eigenvalue weighted by molar-refractivity contribution is 0.436. The molecule has 59 heavy (non-hydrogen) atoms. The van der Waals surface area contributed by atoms with Crippen molar-refractivity contribution in [2.24, 2.45) is 4.99 Å². The molecule has 10 rings (SSSR count). The summed E-state index contributed by atoms with van der Waals surface area (Å²) in [5.41, 5.74) is 17.3. The number of nitriles is 1. The molecule has 0 N–H and O–H groups in total. The van der Waals surface area contributed by atoms with Crippen LogP contribution < -0.4 is 4.74 Å². The summed E-state index contributed by atoms with van der Waals surface area (Å²) < 4.78 is 6.59. The van der Waals surface area contributed by atoms with Crippen molar-refractivity contribution in [3.63, 3.8) is 0 Å². The third-order valence-corrected chi connectivity index (χ3v) is 11.7. The van der Waals surface area contributed by atoms with Gasteiger partial charge in [0, 0.05) is 22.3 Å². The lowest BCUT2D eigenvalue weighted by atomic mass is 9.66. The summed E-state index contributed by atoms with van der Waals surface area (Å²) in [7, 11) is 0. The molecule has 0 aromatic heterocycles. The first-order chi connectivity index (χ1) is 29.0. The summed E-state index contributed by atoms with van der Waals surface area (Å²) in [6.07, 6.45) is 2.15. The monoisotopic (exact) mass is 754 g/mol. The van der Waals surface area contributed by atoms with E-state index in [0.29, 0.717) is 11.3 Å². The number of ether oxygens (including phenoxy) is 1. The van der Waals surface area contributed by atoms with E-state index in [-0.39, 0.29) is 0 Å². The number of benzene rings is 8. The number of nitrogens with zero attached hydrogens (tertiary/aromatic N) is 2. The predicted octanol–water partition coefficient (Wildman–Crippen LogP) is 13.9. The lowest BCUT2D eigenvalue weighted by Gasteiger charge is -2.39. The van der Waals surface area contributed by atoms with Gasteiger partial charge in [-0.1, -0.05) is 158 Å². The standard InChI is InChI=1S/C56H38N2O/c1-37(40-14-5-3-6-15-40)32-53(42-16-7-4-8-17-42)58-38(2)43-18-13-19-44(33-43)46-29-31-50-48(35-46)47-34-45(41-26-24-39(36-57)25-27-41)28-30-49(47)56(50)51-20-9-11-22-54(51)59-55-23-12-10-21-52(55)56/h3-35H,2H2,1H3/b37-32+,58-53?. The topological polar surface area (TPSA) is 45.4 Å². The van der Waals surface area contributed by atoms with E-state index in [4.69, 9.17) is 9.73 Å². The molecule has 0 bridgehead atoms. The van der Waals surface area contributed by atoms with E-state index < -0.39 is 5.41 Å². The zero-order valence-electron chi connectivity index (χ0n) is 32.6. The van der Waals surface area contributed by atoms with Crippen LogP contribution in [0.25, 0.3) is 44.7 Å². The first-order valence-corrected chi connectivity index (χ1v) is 19.9. The quantitative estimate of drug-likeness (QED) is 0.152. The fraction of sp³-hybridized carbons (Fsp3) is 0.0357. The van der Waals surface area contributed by atoms with E-state index in [9.17, 15) is 5.26 Å². The summed E-state index contributed by atoms with van der Waals surface area (Å²) in [6, 6.07) is 69.9. The van der Waals surface area contributed by atoms with E-state index in [0.717, 1.165) is 72.9 Å². The highest BCUT2D eigenvalue weighted by atomic mass is 16.5. The van der Waals surface area contributed by atoms with Crippen LogP contribution >= 0.6 is 0 Å². The fourth-order valence-electron chi connectivity index (χ4n) is 8.87. The van der Waals surface area contributed by atoms with Crippen molar-refractivity contribution in [2.75, 3.05) is 0 Å². The van der Waals surface area contributed by atoms with Gasteiger partial charge in [0.05, 0.1) is 28.5 Å². The van der Waals surface area contributed by atoms with Crippen LogP contribution in [0.15, 0.2) is 212 Å². The molecule has 0 amide bonds. The normalized spacial score (nSPS) is 13.4. The van der Waals surface area contributed by atoms with Gasteiger partial charge < -0.3 is 4.74 Å². The summed E-state index contributed by atoms with van der Waals surface area (Å²) in [5, 5.41) is 9.49. The van der Waals surface area contributed by atoms with Gasteiger partial charge in [-0.25, -0.2) is 4.99 Å². The number of hydrogen-bond acceptors (Lipinski definition) is 3. The van der Waals surface area contributed by atoms with Crippen LogP contribution in [0.3, 0.4) is 0 Å². The van der Waals surface area contributed by atoms with Gasteiger partial charge in [-0.2, -0.15) is 5.26 Å². The minimum Gasteiger partial charge on any atom is -0.457 e. The van der Waals surface area contributed by atoms with Crippen LogP contribution in [-0.4, -0.2) is 5.71 Å². The Hall–Kier alpha value is -7.80. The first-order valence-electron chi connectivity index (χ1n) is 19.9. The van der Waals surface area contributed by atoms with Crippen molar-refractivity contribution in [2.45, 2.75) is 12.3 Å². The maximum absolute atomic E-state index is 9.49. The maximum Gasteiger partial charge on any atom is 0.132 e. The number of rotatable bonds is 7. The predicted molar refractivity (Wildman–Crippen MR) is 242 cm³/mol. The highest BCUT2D eigenvalue weighted by Crippen LogP contribution is 2.62. The van der Waals surface area contributed by atoms with Crippen LogP contribution in [0.1, 0.15) is 51.4 Å². The molecule has 1 heterocycles. The fourth-order valence-corrected chi connectivity index (χ4v) is 8.87. The summed E-state index contributed by atoms with van der Waals surface area (Å²) in [4.78, 5) is 5.17. The third kappa shape index (κ3) is 6.11. The largest absolute Gasteiger partial charge is 0.457 e. The lowest BCUT2D eigenvalue weighted by Crippen LogP contribution is -2.32. The molecule has 0 unspecified atom stereocenters. The Balaban J connectivity index is 1.11. The van der Waals surface area contributed by atoms with Crippen LogP contribution in [-0.2, 0) is 5.41 Å². The Morgan fingerprint density at radius 3 is 1.64 bits per heavy atom. The molecule has 0 radical (unpaired) electrons. The molecule has 0 saturated carbocycles. The molecule has 8 aromatic rings. The van der Waals surface area contributed by atoms with Crippen LogP contribution in [0, 0.1) is 11.3 Å². The second-order valence-electron chi connectivity index (χ2n) is 15.1. The summed E-state index contributed by atoms with van der Waals surface area (Å²) in [6.45, 7) is 6.62. The van der Waals surface area contributed by atoms with Crippen molar-refractivity contribution in [1.29, 1.82) is 5.26 Å². The molecule has 278 valence electrons. The minimum absolute atomic E-state index is 0.581. The van der Waals surface area contributed by atoms with E-state index in [2.05, 4.69) is 159 Å². The molecule has 8 aromatic carbocycles. The molecule has 2 aliphatic rings. The van der Waals surface area contributed by atoms with Gasteiger partial charge in [-0.15, -0.1) is 0 Å². The van der Waals surface area contributed by atoms with Gasteiger partial charge in [0.2, 0.25) is 0 Å². The average molecular weight is 755 g/mol. The Kier molecular flexibility index (Phi) is 8.82. The molecule has 1 aliphatic carbocycles. The average Bonchev–Trinajstić information content (AvgIpc) is 3.58. The Bertz CT molecular complexity index is 2990. The Morgan fingerprint density at radius 2 is 1.03 bits per heavy atom. The summed E-state index contributed by atoms with van der Waals surface area (Å²) in [5.74, 6) is 1.72. The zero-order valence-corrected chi connectivity index (χ0v) is 32.6. The van der Waals surface area contributed by atoms with Gasteiger partial charge in [0.15, 0.2) is 0 Å². The Morgan fingerprint density at radius 1 is 0.525 bits per heavy atom. The van der Waals surface area contributed by atoms with Gasteiger partial charge in [-0.3, -0.25) is 0 Å². The van der Waals surface area contributed by atoms with Crippen LogP contribution in [0.5, 0.6) is 11.5 Å². The smallest absolute Gasteiger partial charge is 0.132 e.